The van der Waals surface area contributed by atoms with Crippen molar-refractivity contribution in [2.24, 2.45) is 5.41 Å². The summed E-state index contributed by atoms with van der Waals surface area (Å²) in [5.41, 5.74) is -6.38. The van der Waals surface area contributed by atoms with Crippen LogP contribution in [0.3, 0.4) is 0 Å². The Morgan fingerprint density at radius 2 is 0.880 bits per heavy atom. The van der Waals surface area contributed by atoms with Gasteiger partial charge in [0.15, 0.2) is 0 Å². The van der Waals surface area contributed by atoms with Crippen molar-refractivity contribution in [3.63, 3.8) is 0 Å². The highest BCUT2D eigenvalue weighted by molar-refractivity contribution is 5.48. The van der Waals surface area contributed by atoms with Crippen molar-refractivity contribution >= 4 is 0 Å². The maximum absolute atomic E-state index is 13.9. The van der Waals surface area contributed by atoms with E-state index in [2.05, 4.69) is 26.3 Å². The molecule has 0 atom stereocenters. The van der Waals surface area contributed by atoms with Gasteiger partial charge >= 0.3 is 12.4 Å². The first-order valence-corrected chi connectivity index (χ1v) is 6.92. The average Bonchev–Trinajstić information content (AvgIpc) is 2.47. The van der Waals surface area contributed by atoms with Gasteiger partial charge in [-0.05, 0) is 11.1 Å². The summed E-state index contributed by atoms with van der Waals surface area (Å²) in [5.74, 6) is 0. The third-order valence-electron chi connectivity index (χ3n) is 3.13. The largest absolute Gasteiger partial charge is 0.411 e. The van der Waals surface area contributed by atoms with Crippen LogP contribution in [0.1, 0.15) is 0 Å². The van der Waals surface area contributed by atoms with E-state index < -0.39 is 28.9 Å². The lowest BCUT2D eigenvalue weighted by Crippen LogP contribution is -2.52. The first-order chi connectivity index (χ1) is 11.5. The molecule has 0 N–H and O–H groups in total. The maximum Gasteiger partial charge on any atom is 0.411 e. The van der Waals surface area contributed by atoms with Crippen molar-refractivity contribution in [3.8, 4) is 0 Å². The second-order valence-electron chi connectivity index (χ2n) is 4.65. The van der Waals surface area contributed by atoms with Crippen molar-refractivity contribution in [3.05, 3.63) is 98.2 Å². The van der Waals surface area contributed by atoms with Crippen molar-refractivity contribution in [1.29, 1.82) is 0 Å². The van der Waals surface area contributed by atoms with Crippen LogP contribution in [0.15, 0.2) is 98.2 Å². The van der Waals surface area contributed by atoms with E-state index in [0.717, 1.165) is 36.5 Å². The number of hydrogen-bond acceptors (Lipinski definition) is 0. The number of alkyl halides is 6. The molecule has 0 rings (SSSR count). The molecular weight excluding hydrogens is 342 g/mol. The molecule has 0 aromatic carbocycles. The number of halogens is 6. The molecule has 0 aromatic rings. The highest BCUT2D eigenvalue weighted by Gasteiger charge is 2.73. The second kappa shape index (κ2) is 9.11. The maximum atomic E-state index is 13.9. The molecule has 0 aliphatic heterocycles. The monoisotopic (exact) mass is 360 g/mol. The Labute approximate surface area is 143 Å². The predicted molar refractivity (Wildman–Crippen MR) is 89.8 cm³/mol. The Morgan fingerprint density at radius 3 is 1.08 bits per heavy atom. The fraction of sp³-hybridized carbons (Fsp3) is 0.158. The zero-order chi connectivity index (χ0) is 19.7. The molecule has 136 valence electrons. The van der Waals surface area contributed by atoms with Gasteiger partial charge in [-0.2, -0.15) is 26.3 Å². The van der Waals surface area contributed by atoms with Gasteiger partial charge in [0, 0.05) is 0 Å². The minimum Gasteiger partial charge on any atom is -0.169 e. The molecule has 0 nitrogen and oxygen atoms in total. The fourth-order valence-corrected chi connectivity index (χ4v) is 2.19. The third-order valence-corrected chi connectivity index (χ3v) is 3.13. The number of allylic oxidation sites excluding steroid dienone is 12. The fourth-order valence-electron chi connectivity index (χ4n) is 2.19. The molecule has 0 amide bonds. The van der Waals surface area contributed by atoms with E-state index >= 15 is 0 Å². The van der Waals surface area contributed by atoms with Crippen LogP contribution in [-0.4, -0.2) is 12.4 Å². The zero-order valence-corrected chi connectivity index (χ0v) is 13.4. The molecular formula is C19H18F6. The Balaban J connectivity index is 7.28. The minimum absolute atomic E-state index is 0.666. The molecule has 6 heteroatoms. The van der Waals surface area contributed by atoms with E-state index in [1.54, 1.807) is 0 Å². The summed E-state index contributed by atoms with van der Waals surface area (Å²) in [5, 5.41) is 0. The van der Waals surface area contributed by atoms with Crippen LogP contribution in [0.2, 0.25) is 0 Å². The highest BCUT2D eigenvalue weighted by Crippen LogP contribution is 2.60. The smallest absolute Gasteiger partial charge is 0.169 e. The van der Waals surface area contributed by atoms with E-state index in [0.29, 0.717) is 24.3 Å². The highest BCUT2D eigenvalue weighted by atomic mass is 19.4. The molecule has 0 heterocycles. The summed E-state index contributed by atoms with van der Waals surface area (Å²) in [6.07, 6.45) is -2.79. The predicted octanol–water partition coefficient (Wildman–Crippen LogP) is 6.81. The molecule has 0 saturated heterocycles. The van der Waals surface area contributed by atoms with E-state index in [4.69, 9.17) is 0 Å². The van der Waals surface area contributed by atoms with Gasteiger partial charge in [0.2, 0.25) is 5.41 Å². The van der Waals surface area contributed by atoms with Crippen LogP contribution < -0.4 is 0 Å². The Morgan fingerprint density at radius 1 is 0.560 bits per heavy atom. The van der Waals surface area contributed by atoms with Gasteiger partial charge < -0.3 is 0 Å². The Kier molecular flexibility index (Phi) is 8.20. The zero-order valence-electron chi connectivity index (χ0n) is 13.4. The molecule has 0 saturated carbocycles. The van der Waals surface area contributed by atoms with E-state index in [9.17, 15) is 26.3 Å². The number of hydrogen-bond donors (Lipinski definition) is 0. The lowest BCUT2D eigenvalue weighted by molar-refractivity contribution is -0.308. The quantitative estimate of drug-likeness (QED) is 0.330. The topological polar surface area (TPSA) is 0 Å². The molecule has 25 heavy (non-hydrogen) atoms. The molecule has 0 bridgehead atoms. The van der Waals surface area contributed by atoms with Crippen molar-refractivity contribution in [2.45, 2.75) is 12.4 Å². The first kappa shape index (κ1) is 22.5. The molecule has 0 fully saturated rings. The van der Waals surface area contributed by atoms with Gasteiger partial charge in [-0.25, -0.2) is 0 Å². The van der Waals surface area contributed by atoms with Crippen molar-refractivity contribution in [1.82, 2.24) is 0 Å². The van der Waals surface area contributed by atoms with Crippen LogP contribution in [0.4, 0.5) is 26.3 Å². The second-order valence-corrected chi connectivity index (χ2v) is 4.65. The van der Waals surface area contributed by atoms with Crippen LogP contribution >= 0.6 is 0 Å². The van der Waals surface area contributed by atoms with E-state index in [1.165, 1.54) is 0 Å². The van der Waals surface area contributed by atoms with Crippen LogP contribution in [0.5, 0.6) is 0 Å². The lowest BCUT2D eigenvalue weighted by atomic mass is 9.71. The van der Waals surface area contributed by atoms with Gasteiger partial charge in [-0.1, -0.05) is 87.1 Å². The van der Waals surface area contributed by atoms with E-state index in [1.807, 2.05) is 0 Å². The first-order valence-electron chi connectivity index (χ1n) is 6.92. The van der Waals surface area contributed by atoms with Crippen molar-refractivity contribution < 1.29 is 26.3 Å². The molecule has 0 unspecified atom stereocenters. The van der Waals surface area contributed by atoms with Gasteiger partial charge in [-0.15, -0.1) is 0 Å². The van der Waals surface area contributed by atoms with Gasteiger partial charge in [0.1, 0.15) is 0 Å². The number of rotatable bonds is 8. The molecule has 0 aliphatic rings. The molecule has 0 aliphatic carbocycles. The summed E-state index contributed by atoms with van der Waals surface area (Å²) < 4.78 is 83.3. The van der Waals surface area contributed by atoms with Gasteiger partial charge in [0.05, 0.1) is 0 Å². The molecule has 0 aromatic heterocycles. The molecule has 0 spiro atoms. The van der Waals surface area contributed by atoms with E-state index in [-0.39, 0.29) is 0 Å². The average molecular weight is 360 g/mol. The molecule has 0 radical (unpaired) electrons. The van der Waals surface area contributed by atoms with Crippen LogP contribution in [-0.2, 0) is 0 Å². The summed E-state index contributed by atoms with van der Waals surface area (Å²) in [7, 11) is 0. The Hall–Kier alpha value is -2.50. The standard InChI is InChI=1S/C19H18F6/c1-5-9-13-15(11-7-3)17(18(20,21)22,19(23,24)25)16(12-8-4)14-10-6-2/h5-14H,1-4H2/b13-9-,14-10-,15-11+,16-12+. The van der Waals surface area contributed by atoms with Gasteiger partial charge in [0.25, 0.3) is 0 Å². The summed E-state index contributed by atoms with van der Waals surface area (Å²) in [6, 6.07) is 0. The third kappa shape index (κ3) is 4.75. The normalized spacial score (nSPS) is 14.8. The Bertz CT molecular complexity index is 565. The lowest BCUT2D eigenvalue weighted by Gasteiger charge is -2.39. The SMILES string of the molecule is C=C/C=C\C(=C/C=C)C(C(/C=C\C=C)=C/C=C)(C(F)(F)F)C(F)(F)F. The summed E-state index contributed by atoms with van der Waals surface area (Å²) in [4.78, 5) is 0. The van der Waals surface area contributed by atoms with Crippen LogP contribution in [0, 0.1) is 5.41 Å². The van der Waals surface area contributed by atoms with Crippen molar-refractivity contribution in [2.75, 3.05) is 0 Å². The van der Waals surface area contributed by atoms with Crippen LogP contribution in [0.25, 0.3) is 0 Å². The minimum atomic E-state index is -5.69. The summed E-state index contributed by atoms with van der Waals surface area (Å²) >= 11 is 0. The summed E-state index contributed by atoms with van der Waals surface area (Å²) in [6.45, 7) is 13.0. The van der Waals surface area contributed by atoms with Gasteiger partial charge in [-0.3, -0.25) is 0 Å².